The average molecular weight is 379 g/mol. The Labute approximate surface area is 159 Å². The lowest BCUT2D eigenvalue weighted by Crippen LogP contribution is -2.52. The van der Waals surface area contributed by atoms with Gasteiger partial charge in [-0.15, -0.1) is 0 Å². The van der Waals surface area contributed by atoms with Crippen LogP contribution in [0.25, 0.3) is 0 Å². The molecule has 0 radical (unpaired) electrons. The van der Waals surface area contributed by atoms with Crippen LogP contribution >= 0.6 is 11.6 Å². The first-order valence-electron chi connectivity index (χ1n) is 9.32. The number of carbonyl (C=O) groups is 2. The van der Waals surface area contributed by atoms with Crippen LogP contribution in [0.3, 0.4) is 0 Å². The number of halogens is 1. The Hall–Kier alpha value is -1.79. The van der Waals surface area contributed by atoms with Crippen molar-refractivity contribution in [2.45, 2.75) is 25.8 Å². The number of nitrogens with one attached hydrogen (secondary N) is 2. The normalized spacial score (nSPS) is 23.6. The standard InChI is InChI=1S/C19H27ClN4O2/c1-14-12-15(6-7-21-14)19(26)22-13-18(25)24-10-8-23(9-11-24)17-4-2-16(20)3-5-17/h2-5,14-15,21H,6-13H2,1H3,(H,22,26)/t14-,15-/m0/s1. The van der Waals surface area contributed by atoms with Crippen LogP contribution in [0.1, 0.15) is 19.8 Å². The molecule has 0 unspecified atom stereocenters. The number of hydrogen-bond acceptors (Lipinski definition) is 4. The summed E-state index contributed by atoms with van der Waals surface area (Å²) in [5.74, 6) is 0.0170. The van der Waals surface area contributed by atoms with Gasteiger partial charge in [-0.2, -0.15) is 0 Å². The van der Waals surface area contributed by atoms with Crippen molar-refractivity contribution in [1.29, 1.82) is 0 Å². The Morgan fingerprint density at radius 1 is 1.19 bits per heavy atom. The zero-order chi connectivity index (χ0) is 18.5. The van der Waals surface area contributed by atoms with Crippen molar-refractivity contribution < 1.29 is 9.59 Å². The monoisotopic (exact) mass is 378 g/mol. The molecule has 1 aromatic rings. The zero-order valence-electron chi connectivity index (χ0n) is 15.2. The Morgan fingerprint density at radius 3 is 2.54 bits per heavy atom. The predicted molar refractivity (Wildman–Crippen MR) is 103 cm³/mol. The molecule has 2 aliphatic rings. The molecule has 2 amide bonds. The fourth-order valence-electron chi connectivity index (χ4n) is 3.65. The summed E-state index contributed by atoms with van der Waals surface area (Å²) in [6, 6.07) is 8.12. The van der Waals surface area contributed by atoms with Gasteiger partial charge in [0, 0.05) is 48.8 Å². The third-order valence-electron chi connectivity index (χ3n) is 5.23. The van der Waals surface area contributed by atoms with Gasteiger partial charge in [0.15, 0.2) is 0 Å². The van der Waals surface area contributed by atoms with E-state index in [1.807, 2.05) is 29.2 Å². The van der Waals surface area contributed by atoms with Crippen molar-refractivity contribution in [3.05, 3.63) is 29.3 Å². The maximum atomic E-state index is 12.4. The summed E-state index contributed by atoms with van der Waals surface area (Å²) in [7, 11) is 0. The van der Waals surface area contributed by atoms with Crippen molar-refractivity contribution >= 4 is 29.1 Å². The first-order valence-corrected chi connectivity index (χ1v) is 9.70. The molecule has 0 spiro atoms. The molecule has 142 valence electrons. The van der Waals surface area contributed by atoms with E-state index in [4.69, 9.17) is 11.6 Å². The molecule has 2 aliphatic heterocycles. The van der Waals surface area contributed by atoms with E-state index in [-0.39, 0.29) is 24.3 Å². The minimum absolute atomic E-state index is 0.00362. The van der Waals surface area contributed by atoms with Gasteiger partial charge in [0.2, 0.25) is 11.8 Å². The topological polar surface area (TPSA) is 64.7 Å². The molecule has 2 atom stereocenters. The highest BCUT2D eigenvalue weighted by atomic mass is 35.5. The van der Waals surface area contributed by atoms with Crippen molar-refractivity contribution in [2.24, 2.45) is 5.92 Å². The first-order chi connectivity index (χ1) is 12.5. The van der Waals surface area contributed by atoms with Crippen molar-refractivity contribution in [2.75, 3.05) is 44.2 Å². The highest BCUT2D eigenvalue weighted by Crippen LogP contribution is 2.19. The number of benzene rings is 1. The molecule has 2 saturated heterocycles. The molecule has 0 saturated carbocycles. The fourth-order valence-corrected chi connectivity index (χ4v) is 3.78. The summed E-state index contributed by atoms with van der Waals surface area (Å²) in [6.45, 7) is 5.95. The summed E-state index contributed by atoms with van der Waals surface area (Å²) < 4.78 is 0. The first kappa shape index (κ1) is 19.0. The van der Waals surface area contributed by atoms with Gasteiger partial charge in [0.05, 0.1) is 6.54 Å². The smallest absolute Gasteiger partial charge is 0.242 e. The maximum Gasteiger partial charge on any atom is 0.242 e. The third-order valence-corrected chi connectivity index (χ3v) is 5.48. The second-order valence-corrected chi connectivity index (χ2v) is 7.57. The number of piperidine rings is 1. The van der Waals surface area contributed by atoms with Gasteiger partial charge in [-0.3, -0.25) is 9.59 Å². The zero-order valence-corrected chi connectivity index (χ0v) is 16.0. The van der Waals surface area contributed by atoms with Crippen molar-refractivity contribution in [1.82, 2.24) is 15.5 Å². The minimum atomic E-state index is -0.00362. The second kappa shape index (κ2) is 8.73. The van der Waals surface area contributed by atoms with Gasteiger partial charge in [-0.25, -0.2) is 0 Å². The fraction of sp³-hybridized carbons (Fsp3) is 0.579. The molecule has 26 heavy (non-hydrogen) atoms. The van der Waals surface area contributed by atoms with Crippen LogP contribution in [0.4, 0.5) is 5.69 Å². The number of piperazine rings is 1. The lowest BCUT2D eigenvalue weighted by atomic mass is 9.92. The largest absolute Gasteiger partial charge is 0.368 e. The molecule has 0 bridgehead atoms. The second-order valence-electron chi connectivity index (χ2n) is 7.14. The lowest BCUT2D eigenvalue weighted by Gasteiger charge is -2.36. The Bertz CT molecular complexity index is 629. The van der Waals surface area contributed by atoms with Gasteiger partial charge in [0.1, 0.15) is 0 Å². The van der Waals surface area contributed by atoms with E-state index in [9.17, 15) is 9.59 Å². The van der Waals surface area contributed by atoms with Crippen LogP contribution < -0.4 is 15.5 Å². The van der Waals surface area contributed by atoms with Crippen LogP contribution in [-0.4, -0.2) is 62.0 Å². The summed E-state index contributed by atoms with van der Waals surface area (Å²) in [5.41, 5.74) is 1.12. The molecule has 2 heterocycles. The summed E-state index contributed by atoms with van der Waals surface area (Å²) in [5, 5.41) is 6.89. The lowest BCUT2D eigenvalue weighted by molar-refractivity contribution is -0.134. The highest BCUT2D eigenvalue weighted by molar-refractivity contribution is 6.30. The minimum Gasteiger partial charge on any atom is -0.368 e. The molecule has 1 aromatic carbocycles. The van der Waals surface area contributed by atoms with E-state index in [0.29, 0.717) is 19.1 Å². The maximum absolute atomic E-state index is 12.4. The number of amides is 2. The molecule has 2 N–H and O–H groups in total. The summed E-state index contributed by atoms with van der Waals surface area (Å²) >= 11 is 5.93. The van der Waals surface area contributed by atoms with Gasteiger partial charge in [0.25, 0.3) is 0 Å². The van der Waals surface area contributed by atoms with Gasteiger partial charge >= 0.3 is 0 Å². The SMILES string of the molecule is C[C@H]1C[C@@H](C(=O)NCC(=O)N2CCN(c3ccc(Cl)cc3)CC2)CCN1. The molecule has 2 fully saturated rings. The van der Waals surface area contributed by atoms with E-state index < -0.39 is 0 Å². The number of rotatable bonds is 4. The number of hydrogen-bond donors (Lipinski definition) is 2. The van der Waals surface area contributed by atoms with E-state index in [2.05, 4.69) is 22.5 Å². The van der Waals surface area contributed by atoms with Crippen molar-refractivity contribution in [3.8, 4) is 0 Å². The van der Waals surface area contributed by atoms with Crippen LogP contribution in [0, 0.1) is 5.92 Å². The van der Waals surface area contributed by atoms with E-state index in [1.54, 1.807) is 0 Å². The third kappa shape index (κ3) is 4.89. The molecule has 0 aliphatic carbocycles. The van der Waals surface area contributed by atoms with E-state index >= 15 is 0 Å². The quantitative estimate of drug-likeness (QED) is 0.833. The molecular weight excluding hydrogens is 352 g/mol. The molecular formula is C19H27ClN4O2. The van der Waals surface area contributed by atoms with Crippen LogP contribution in [0.2, 0.25) is 5.02 Å². The van der Waals surface area contributed by atoms with Crippen LogP contribution in [0.5, 0.6) is 0 Å². The number of nitrogens with zero attached hydrogens (tertiary/aromatic N) is 2. The average Bonchev–Trinajstić information content (AvgIpc) is 2.66. The van der Waals surface area contributed by atoms with E-state index in [1.165, 1.54) is 0 Å². The van der Waals surface area contributed by atoms with Gasteiger partial charge < -0.3 is 20.4 Å². The van der Waals surface area contributed by atoms with Crippen LogP contribution in [0.15, 0.2) is 24.3 Å². The summed E-state index contributed by atoms with van der Waals surface area (Å²) in [6.07, 6.45) is 1.67. The Morgan fingerprint density at radius 2 is 1.88 bits per heavy atom. The Balaban J connectivity index is 1.42. The van der Waals surface area contributed by atoms with Crippen LogP contribution in [-0.2, 0) is 9.59 Å². The molecule has 6 nitrogen and oxygen atoms in total. The van der Waals surface area contributed by atoms with Gasteiger partial charge in [-0.1, -0.05) is 11.6 Å². The molecule has 0 aromatic heterocycles. The summed E-state index contributed by atoms with van der Waals surface area (Å²) in [4.78, 5) is 28.7. The van der Waals surface area contributed by atoms with Gasteiger partial charge in [-0.05, 0) is 50.6 Å². The highest BCUT2D eigenvalue weighted by Gasteiger charge is 2.26. The van der Waals surface area contributed by atoms with E-state index in [0.717, 1.165) is 43.2 Å². The van der Waals surface area contributed by atoms with Crippen molar-refractivity contribution in [3.63, 3.8) is 0 Å². The number of carbonyl (C=O) groups excluding carboxylic acids is 2. The molecule has 7 heteroatoms. The predicted octanol–water partition coefficient (Wildman–Crippen LogP) is 1.49. The Kier molecular flexibility index (Phi) is 6.38. The molecule has 3 rings (SSSR count). The number of anilines is 1.